The third-order valence-electron chi connectivity index (χ3n) is 3.87. The Hall–Kier alpha value is -3.32. The molecular formula is C20H14IN3O6S. The fourth-order valence-corrected chi connectivity index (χ4v) is 3.88. The van der Waals surface area contributed by atoms with Crippen LogP contribution < -0.4 is 9.61 Å². The molecule has 1 amide bonds. The molecule has 9 nitrogen and oxygen atoms in total. The number of nitrogens with one attached hydrogen (secondary N) is 1. The van der Waals surface area contributed by atoms with Crippen LogP contribution in [0.1, 0.15) is 15.9 Å². The average Bonchev–Trinajstić information content (AvgIpc) is 2.73. The van der Waals surface area contributed by atoms with E-state index in [1.807, 2.05) is 6.07 Å². The van der Waals surface area contributed by atoms with E-state index in [1.54, 1.807) is 30.3 Å². The molecular weight excluding hydrogens is 537 g/mol. The van der Waals surface area contributed by atoms with Gasteiger partial charge >= 0.3 is 10.1 Å². The van der Waals surface area contributed by atoms with Gasteiger partial charge in [-0.25, -0.2) is 5.43 Å². The summed E-state index contributed by atoms with van der Waals surface area (Å²) in [4.78, 5) is 21.9. The SMILES string of the molecule is O=C(NN=Cc1cccc(OS(=O)(=O)c2ccc([N+](=O)[O-])cc2)c1)c1cccc(I)c1. The third-order valence-corrected chi connectivity index (χ3v) is 5.80. The average molecular weight is 551 g/mol. The van der Waals surface area contributed by atoms with Crippen molar-refractivity contribution < 1.29 is 22.3 Å². The number of nitrogens with zero attached hydrogens (tertiary/aromatic N) is 2. The van der Waals surface area contributed by atoms with Crippen molar-refractivity contribution >= 4 is 50.5 Å². The van der Waals surface area contributed by atoms with Crippen LogP contribution in [0.25, 0.3) is 0 Å². The number of amides is 1. The molecule has 0 unspecified atom stereocenters. The number of hydrogen-bond acceptors (Lipinski definition) is 7. The molecule has 0 aromatic heterocycles. The molecule has 31 heavy (non-hydrogen) atoms. The van der Waals surface area contributed by atoms with Crippen molar-refractivity contribution in [2.24, 2.45) is 5.10 Å². The number of carbonyl (C=O) groups is 1. The van der Waals surface area contributed by atoms with Gasteiger partial charge < -0.3 is 4.18 Å². The van der Waals surface area contributed by atoms with Gasteiger partial charge in [-0.15, -0.1) is 0 Å². The molecule has 0 atom stereocenters. The Morgan fingerprint density at radius 2 is 1.77 bits per heavy atom. The monoisotopic (exact) mass is 551 g/mol. The number of benzene rings is 3. The largest absolute Gasteiger partial charge is 0.379 e. The minimum absolute atomic E-state index is 0.0197. The molecule has 0 radical (unpaired) electrons. The summed E-state index contributed by atoms with van der Waals surface area (Å²) < 4.78 is 30.8. The van der Waals surface area contributed by atoms with Crippen LogP contribution >= 0.6 is 22.6 Å². The van der Waals surface area contributed by atoms with Gasteiger partial charge in [0.15, 0.2) is 0 Å². The number of hydrazone groups is 1. The fourth-order valence-electron chi connectivity index (χ4n) is 2.42. The Morgan fingerprint density at radius 1 is 1.06 bits per heavy atom. The van der Waals surface area contributed by atoms with Crippen LogP contribution in [0.15, 0.2) is 82.8 Å². The highest BCUT2D eigenvalue weighted by atomic mass is 127. The highest BCUT2D eigenvalue weighted by Gasteiger charge is 2.18. The fraction of sp³-hybridized carbons (Fsp3) is 0. The maximum atomic E-state index is 12.4. The van der Waals surface area contributed by atoms with Crippen molar-refractivity contribution in [3.8, 4) is 5.75 Å². The number of nitro groups is 1. The van der Waals surface area contributed by atoms with E-state index in [0.717, 1.165) is 27.8 Å². The van der Waals surface area contributed by atoms with Crippen molar-refractivity contribution in [3.63, 3.8) is 0 Å². The molecule has 0 aliphatic heterocycles. The molecule has 158 valence electrons. The minimum Gasteiger partial charge on any atom is -0.379 e. The van der Waals surface area contributed by atoms with Crippen LogP contribution in [0, 0.1) is 13.7 Å². The van der Waals surface area contributed by atoms with E-state index in [0.29, 0.717) is 11.1 Å². The number of nitro benzene ring substituents is 1. The second-order valence-electron chi connectivity index (χ2n) is 6.07. The van der Waals surface area contributed by atoms with Crippen LogP contribution in [0.2, 0.25) is 0 Å². The lowest BCUT2D eigenvalue weighted by molar-refractivity contribution is -0.384. The van der Waals surface area contributed by atoms with Gasteiger partial charge in [0.1, 0.15) is 10.6 Å². The topological polar surface area (TPSA) is 128 Å². The Bertz CT molecular complexity index is 1260. The van der Waals surface area contributed by atoms with Crippen molar-refractivity contribution in [3.05, 3.63) is 97.6 Å². The van der Waals surface area contributed by atoms with E-state index in [4.69, 9.17) is 4.18 Å². The van der Waals surface area contributed by atoms with Gasteiger partial charge in [-0.3, -0.25) is 14.9 Å². The predicted octanol–water partition coefficient (Wildman–Crippen LogP) is 3.73. The second kappa shape index (κ2) is 9.66. The Kier molecular flexibility index (Phi) is 6.97. The summed E-state index contributed by atoms with van der Waals surface area (Å²) in [5.41, 5.74) is 3.10. The lowest BCUT2D eigenvalue weighted by Gasteiger charge is -2.07. The summed E-state index contributed by atoms with van der Waals surface area (Å²) in [7, 11) is -4.18. The maximum Gasteiger partial charge on any atom is 0.339 e. The van der Waals surface area contributed by atoms with Gasteiger partial charge in [0.2, 0.25) is 0 Å². The van der Waals surface area contributed by atoms with Gasteiger partial charge in [0.05, 0.1) is 11.1 Å². The predicted molar refractivity (Wildman–Crippen MR) is 122 cm³/mol. The van der Waals surface area contributed by atoms with Crippen LogP contribution in [0.4, 0.5) is 5.69 Å². The lowest BCUT2D eigenvalue weighted by atomic mass is 10.2. The molecule has 0 aliphatic rings. The number of hydrogen-bond donors (Lipinski definition) is 1. The molecule has 0 bridgehead atoms. The molecule has 0 saturated heterocycles. The van der Waals surface area contributed by atoms with Gasteiger partial charge in [-0.1, -0.05) is 18.2 Å². The Labute approximate surface area is 191 Å². The minimum atomic E-state index is -4.18. The standard InChI is InChI=1S/C20H14IN3O6S/c21-16-5-2-4-15(12-16)20(25)23-22-13-14-3-1-6-18(11-14)30-31(28,29)19-9-7-17(8-10-19)24(26)27/h1-13H,(H,23,25). The van der Waals surface area contributed by atoms with Crippen LogP contribution in [0.5, 0.6) is 5.75 Å². The summed E-state index contributed by atoms with van der Waals surface area (Å²) in [5, 5.41) is 14.6. The van der Waals surface area contributed by atoms with Crippen molar-refractivity contribution in [1.29, 1.82) is 0 Å². The molecule has 0 spiro atoms. The Morgan fingerprint density at radius 3 is 2.45 bits per heavy atom. The first-order valence-electron chi connectivity index (χ1n) is 8.62. The molecule has 3 aromatic rings. The quantitative estimate of drug-likeness (QED) is 0.157. The second-order valence-corrected chi connectivity index (χ2v) is 8.86. The maximum absolute atomic E-state index is 12.4. The molecule has 11 heteroatoms. The lowest BCUT2D eigenvalue weighted by Crippen LogP contribution is -2.17. The number of non-ortho nitro benzene ring substituents is 1. The smallest absolute Gasteiger partial charge is 0.339 e. The first-order chi connectivity index (χ1) is 14.7. The number of halogens is 1. The molecule has 0 aliphatic carbocycles. The molecule has 0 saturated carbocycles. The molecule has 0 fully saturated rings. The normalized spacial score (nSPS) is 11.3. The van der Waals surface area contributed by atoms with E-state index < -0.39 is 15.0 Å². The van der Waals surface area contributed by atoms with E-state index in [2.05, 4.69) is 33.1 Å². The van der Waals surface area contributed by atoms with E-state index in [1.165, 1.54) is 18.3 Å². The first kappa shape index (κ1) is 22.4. The highest BCUT2D eigenvalue weighted by molar-refractivity contribution is 14.1. The van der Waals surface area contributed by atoms with Gasteiger partial charge in [-0.05, 0) is 70.6 Å². The summed E-state index contributed by atoms with van der Waals surface area (Å²) in [6.07, 6.45) is 1.34. The zero-order valence-electron chi connectivity index (χ0n) is 15.6. The third kappa shape index (κ3) is 6.08. The van der Waals surface area contributed by atoms with E-state index in [-0.39, 0.29) is 22.2 Å². The highest BCUT2D eigenvalue weighted by Crippen LogP contribution is 2.21. The summed E-state index contributed by atoms with van der Waals surface area (Å²) in [6.45, 7) is 0. The summed E-state index contributed by atoms with van der Waals surface area (Å²) in [6, 6.07) is 17.4. The first-order valence-corrected chi connectivity index (χ1v) is 11.1. The van der Waals surface area contributed by atoms with Crippen LogP contribution in [-0.2, 0) is 10.1 Å². The molecule has 3 rings (SSSR count). The zero-order valence-corrected chi connectivity index (χ0v) is 18.6. The molecule has 0 heterocycles. The van der Waals surface area contributed by atoms with Gasteiger partial charge in [0, 0.05) is 21.3 Å². The van der Waals surface area contributed by atoms with Crippen molar-refractivity contribution in [2.45, 2.75) is 4.90 Å². The van der Waals surface area contributed by atoms with Gasteiger partial charge in [0.25, 0.3) is 11.6 Å². The van der Waals surface area contributed by atoms with Crippen molar-refractivity contribution in [1.82, 2.24) is 5.43 Å². The summed E-state index contributed by atoms with van der Waals surface area (Å²) >= 11 is 2.10. The zero-order chi connectivity index (χ0) is 22.4. The number of rotatable bonds is 7. The van der Waals surface area contributed by atoms with Gasteiger partial charge in [-0.2, -0.15) is 13.5 Å². The summed E-state index contributed by atoms with van der Waals surface area (Å²) in [5.74, 6) is -0.367. The molecule has 1 N–H and O–H groups in total. The van der Waals surface area contributed by atoms with Crippen LogP contribution in [0.3, 0.4) is 0 Å². The molecule has 3 aromatic carbocycles. The number of carbonyl (C=O) groups excluding carboxylic acids is 1. The van der Waals surface area contributed by atoms with E-state index >= 15 is 0 Å². The van der Waals surface area contributed by atoms with Crippen molar-refractivity contribution in [2.75, 3.05) is 0 Å². The Balaban J connectivity index is 1.68. The van der Waals surface area contributed by atoms with Crippen LogP contribution in [-0.4, -0.2) is 25.5 Å². The van der Waals surface area contributed by atoms with E-state index in [9.17, 15) is 23.3 Å².